The number of carbonyl (C=O) groups excluding carboxylic acids is 1. The second-order valence-corrected chi connectivity index (χ2v) is 5.34. The van der Waals surface area contributed by atoms with Crippen molar-refractivity contribution in [3.8, 4) is 0 Å². The molecule has 0 aromatic carbocycles. The first-order valence-corrected chi connectivity index (χ1v) is 6.59. The minimum Gasteiger partial charge on any atom is -0.396 e. The van der Waals surface area contributed by atoms with E-state index in [9.17, 15) is 4.79 Å². The summed E-state index contributed by atoms with van der Waals surface area (Å²) >= 11 is 0. The molecule has 18 heavy (non-hydrogen) atoms. The van der Waals surface area contributed by atoms with Crippen LogP contribution in [0.25, 0.3) is 0 Å². The van der Waals surface area contributed by atoms with Gasteiger partial charge in [0.05, 0.1) is 23.6 Å². The molecular formula is C13H22N4O. The number of hydrogen-bond acceptors (Lipinski definition) is 3. The van der Waals surface area contributed by atoms with Crippen LogP contribution in [0.5, 0.6) is 0 Å². The fraction of sp³-hybridized carbons (Fsp3) is 0.692. The van der Waals surface area contributed by atoms with E-state index in [-0.39, 0.29) is 11.8 Å². The van der Waals surface area contributed by atoms with Gasteiger partial charge in [0.15, 0.2) is 0 Å². The third kappa shape index (κ3) is 2.35. The van der Waals surface area contributed by atoms with E-state index in [0.717, 1.165) is 37.3 Å². The molecule has 1 aliphatic rings. The molecule has 1 amide bonds. The van der Waals surface area contributed by atoms with E-state index >= 15 is 0 Å². The van der Waals surface area contributed by atoms with E-state index in [1.54, 1.807) is 6.20 Å². The lowest BCUT2D eigenvalue weighted by atomic mass is 10.0. The second-order valence-electron chi connectivity index (χ2n) is 5.34. The van der Waals surface area contributed by atoms with Crippen LogP contribution in [0, 0.1) is 12.8 Å². The van der Waals surface area contributed by atoms with Crippen LogP contribution in [-0.2, 0) is 4.79 Å². The maximum Gasteiger partial charge on any atom is 0.225 e. The first kappa shape index (κ1) is 12.9. The van der Waals surface area contributed by atoms with Gasteiger partial charge in [0.1, 0.15) is 0 Å². The minimum absolute atomic E-state index is 0.0867. The Hall–Kier alpha value is -1.52. The SMILES string of the molecule is Cc1c(N)cnn1C1CCN(C(=O)C(C)C)CC1. The molecule has 0 aliphatic carbocycles. The number of hydrogen-bond donors (Lipinski definition) is 1. The number of nitrogens with zero attached hydrogens (tertiary/aromatic N) is 3. The van der Waals surface area contributed by atoms with Crippen molar-refractivity contribution in [1.82, 2.24) is 14.7 Å². The molecule has 5 heteroatoms. The predicted octanol–water partition coefficient (Wildman–Crippen LogP) is 1.59. The predicted molar refractivity (Wildman–Crippen MR) is 71.1 cm³/mol. The zero-order chi connectivity index (χ0) is 13.3. The average molecular weight is 250 g/mol. The number of aromatic nitrogens is 2. The molecule has 1 aromatic rings. The Morgan fingerprint density at radius 2 is 2.06 bits per heavy atom. The van der Waals surface area contributed by atoms with E-state index < -0.39 is 0 Å². The maximum atomic E-state index is 11.9. The van der Waals surface area contributed by atoms with Crippen molar-refractivity contribution in [3.63, 3.8) is 0 Å². The molecule has 1 saturated heterocycles. The van der Waals surface area contributed by atoms with Gasteiger partial charge in [-0.25, -0.2) is 0 Å². The third-order valence-electron chi connectivity index (χ3n) is 3.70. The molecule has 2 rings (SSSR count). The monoisotopic (exact) mass is 250 g/mol. The van der Waals surface area contributed by atoms with Crippen molar-refractivity contribution in [1.29, 1.82) is 0 Å². The Morgan fingerprint density at radius 3 is 2.50 bits per heavy atom. The summed E-state index contributed by atoms with van der Waals surface area (Å²) in [5, 5.41) is 4.33. The van der Waals surface area contributed by atoms with Gasteiger partial charge in [-0.05, 0) is 19.8 Å². The molecule has 2 heterocycles. The third-order valence-corrected chi connectivity index (χ3v) is 3.70. The maximum absolute atomic E-state index is 11.9. The molecule has 5 nitrogen and oxygen atoms in total. The fourth-order valence-corrected chi connectivity index (χ4v) is 2.50. The molecule has 0 atom stereocenters. The molecule has 0 bridgehead atoms. The highest BCUT2D eigenvalue weighted by Crippen LogP contribution is 2.25. The van der Waals surface area contributed by atoms with Crippen molar-refractivity contribution in [2.45, 2.75) is 39.7 Å². The smallest absolute Gasteiger partial charge is 0.225 e. The molecule has 100 valence electrons. The standard InChI is InChI=1S/C13H22N4O/c1-9(2)13(18)16-6-4-11(5-7-16)17-10(3)12(14)8-15-17/h8-9,11H,4-7,14H2,1-3H3. The van der Waals surface area contributed by atoms with Gasteiger partial charge >= 0.3 is 0 Å². The van der Waals surface area contributed by atoms with E-state index in [1.807, 2.05) is 30.4 Å². The Morgan fingerprint density at radius 1 is 1.44 bits per heavy atom. The molecule has 0 radical (unpaired) electrons. The topological polar surface area (TPSA) is 64.2 Å². The summed E-state index contributed by atoms with van der Waals surface area (Å²) in [6.07, 6.45) is 3.63. The number of rotatable bonds is 2. The fourth-order valence-electron chi connectivity index (χ4n) is 2.50. The van der Waals surface area contributed by atoms with Gasteiger partial charge in [0.2, 0.25) is 5.91 Å². The number of anilines is 1. The lowest BCUT2D eigenvalue weighted by Gasteiger charge is -2.33. The van der Waals surface area contributed by atoms with Crippen LogP contribution < -0.4 is 5.73 Å². The van der Waals surface area contributed by atoms with Crippen LogP contribution in [0.15, 0.2) is 6.20 Å². The van der Waals surface area contributed by atoms with Crippen LogP contribution in [0.3, 0.4) is 0 Å². The van der Waals surface area contributed by atoms with Crippen LogP contribution >= 0.6 is 0 Å². The normalized spacial score (nSPS) is 17.4. The number of nitrogens with two attached hydrogens (primary N) is 1. The summed E-state index contributed by atoms with van der Waals surface area (Å²) in [7, 11) is 0. The summed E-state index contributed by atoms with van der Waals surface area (Å²) in [6, 6.07) is 0.374. The lowest BCUT2D eigenvalue weighted by Crippen LogP contribution is -2.41. The van der Waals surface area contributed by atoms with Crippen molar-refractivity contribution in [2.75, 3.05) is 18.8 Å². The van der Waals surface area contributed by atoms with Crippen molar-refractivity contribution in [2.24, 2.45) is 5.92 Å². The Kier molecular flexibility index (Phi) is 3.59. The first-order chi connectivity index (χ1) is 8.50. The summed E-state index contributed by atoms with van der Waals surface area (Å²) < 4.78 is 2.01. The number of carbonyl (C=O) groups is 1. The van der Waals surface area contributed by atoms with E-state index in [0.29, 0.717) is 6.04 Å². The van der Waals surface area contributed by atoms with Crippen LogP contribution in [0.2, 0.25) is 0 Å². The summed E-state index contributed by atoms with van der Waals surface area (Å²) in [4.78, 5) is 13.9. The van der Waals surface area contributed by atoms with Gasteiger partial charge < -0.3 is 10.6 Å². The largest absolute Gasteiger partial charge is 0.396 e. The number of nitrogen functional groups attached to an aromatic ring is 1. The summed E-state index contributed by atoms with van der Waals surface area (Å²) in [5.41, 5.74) is 7.59. The number of piperidine rings is 1. The molecule has 1 fully saturated rings. The average Bonchev–Trinajstić information content (AvgIpc) is 2.69. The lowest BCUT2D eigenvalue weighted by molar-refractivity contribution is -0.135. The van der Waals surface area contributed by atoms with Crippen molar-refractivity contribution in [3.05, 3.63) is 11.9 Å². The highest BCUT2D eigenvalue weighted by Gasteiger charge is 2.26. The van der Waals surface area contributed by atoms with Crippen molar-refractivity contribution < 1.29 is 4.79 Å². The molecule has 0 saturated carbocycles. The van der Waals surface area contributed by atoms with E-state index in [1.165, 1.54) is 0 Å². The zero-order valence-corrected chi connectivity index (χ0v) is 11.4. The van der Waals surface area contributed by atoms with E-state index in [4.69, 9.17) is 5.73 Å². The molecular weight excluding hydrogens is 228 g/mol. The van der Waals surface area contributed by atoms with Crippen LogP contribution in [-0.4, -0.2) is 33.7 Å². The summed E-state index contributed by atoms with van der Waals surface area (Å²) in [5.74, 6) is 0.341. The highest BCUT2D eigenvalue weighted by molar-refractivity contribution is 5.78. The quantitative estimate of drug-likeness (QED) is 0.867. The number of amides is 1. The van der Waals surface area contributed by atoms with Crippen molar-refractivity contribution >= 4 is 11.6 Å². The second kappa shape index (κ2) is 5.00. The van der Waals surface area contributed by atoms with Gasteiger partial charge in [-0.3, -0.25) is 9.48 Å². The van der Waals surface area contributed by atoms with Gasteiger partial charge in [0.25, 0.3) is 0 Å². The van der Waals surface area contributed by atoms with Gasteiger partial charge in [-0.2, -0.15) is 5.10 Å². The minimum atomic E-state index is 0.0867. The van der Waals surface area contributed by atoms with Crippen LogP contribution in [0.1, 0.15) is 38.4 Å². The Labute approximate surface area is 108 Å². The Bertz CT molecular complexity index is 430. The van der Waals surface area contributed by atoms with E-state index in [2.05, 4.69) is 5.10 Å². The first-order valence-electron chi connectivity index (χ1n) is 6.59. The van der Waals surface area contributed by atoms with Crippen LogP contribution in [0.4, 0.5) is 5.69 Å². The number of likely N-dealkylation sites (tertiary alicyclic amines) is 1. The molecule has 1 aliphatic heterocycles. The molecule has 0 unspecified atom stereocenters. The van der Waals surface area contributed by atoms with Gasteiger partial charge in [0, 0.05) is 19.0 Å². The zero-order valence-electron chi connectivity index (χ0n) is 11.4. The molecule has 1 aromatic heterocycles. The Balaban J connectivity index is 1.99. The molecule has 2 N–H and O–H groups in total. The van der Waals surface area contributed by atoms with Gasteiger partial charge in [-0.15, -0.1) is 0 Å². The van der Waals surface area contributed by atoms with Gasteiger partial charge in [-0.1, -0.05) is 13.8 Å². The highest BCUT2D eigenvalue weighted by atomic mass is 16.2. The summed E-state index contributed by atoms with van der Waals surface area (Å²) in [6.45, 7) is 7.54. The molecule has 0 spiro atoms.